The van der Waals surface area contributed by atoms with Crippen LogP contribution in [-0.4, -0.2) is 9.78 Å². The van der Waals surface area contributed by atoms with Crippen LogP contribution in [0.1, 0.15) is 35.4 Å². The van der Waals surface area contributed by atoms with Crippen LogP contribution in [0.4, 0.5) is 17.6 Å². The minimum Gasteiger partial charge on any atom is -0.271 e. The van der Waals surface area contributed by atoms with Gasteiger partial charge in [-0.15, -0.1) is 0 Å². The van der Waals surface area contributed by atoms with Crippen molar-refractivity contribution >= 4 is 11.6 Å². The molecule has 1 fully saturated rings. The van der Waals surface area contributed by atoms with Crippen molar-refractivity contribution in [3.63, 3.8) is 0 Å². The molecule has 146 valence electrons. The van der Waals surface area contributed by atoms with E-state index in [1.165, 1.54) is 6.07 Å². The predicted molar refractivity (Wildman–Crippen MR) is 99.4 cm³/mol. The van der Waals surface area contributed by atoms with E-state index in [0.29, 0.717) is 40.9 Å². The van der Waals surface area contributed by atoms with Crippen LogP contribution in [0.3, 0.4) is 0 Å². The van der Waals surface area contributed by atoms with E-state index in [0.717, 1.165) is 18.2 Å². The molecule has 0 aliphatic heterocycles. The Balaban J connectivity index is 2.02. The molecule has 2 nitrogen and oxygen atoms in total. The summed E-state index contributed by atoms with van der Waals surface area (Å²) in [4.78, 5) is 0. The van der Waals surface area contributed by atoms with Crippen molar-refractivity contribution in [1.82, 2.24) is 9.78 Å². The quantitative estimate of drug-likeness (QED) is 0.486. The summed E-state index contributed by atoms with van der Waals surface area (Å²) in [6.45, 7) is 3.35. The number of benzene rings is 2. The highest BCUT2D eigenvalue weighted by Gasteiger charge is 2.52. The molecule has 0 saturated heterocycles. The van der Waals surface area contributed by atoms with Crippen molar-refractivity contribution in [2.45, 2.75) is 32.1 Å². The summed E-state index contributed by atoms with van der Waals surface area (Å²) in [6.07, 6.45) is 1.20. The Morgan fingerprint density at radius 1 is 0.929 bits per heavy atom. The molecule has 28 heavy (non-hydrogen) atoms. The van der Waals surface area contributed by atoms with Crippen LogP contribution in [0.15, 0.2) is 24.3 Å². The fourth-order valence-corrected chi connectivity index (χ4v) is 4.61. The van der Waals surface area contributed by atoms with Crippen LogP contribution >= 0.6 is 11.6 Å². The lowest BCUT2D eigenvalue weighted by Gasteiger charge is -2.22. The topological polar surface area (TPSA) is 17.8 Å². The number of hydrogen-bond acceptors (Lipinski definition) is 1. The lowest BCUT2D eigenvalue weighted by Crippen LogP contribution is -2.19. The summed E-state index contributed by atoms with van der Waals surface area (Å²) in [7, 11) is 1.69. The van der Waals surface area contributed by atoms with Crippen molar-refractivity contribution in [2.75, 3.05) is 0 Å². The van der Waals surface area contributed by atoms with Gasteiger partial charge in [-0.05, 0) is 44.4 Å². The molecule has 0 bridgehead atoms. The van der Waals surface area contributed by atoms with Crippen LogP contribution in [-0.2, 0) is 12.5 Å². The molecule has 1 saturated carbocycles. The molecular formula is C21H17ClF4N2. The smallest absolute Gasteiger partial charge is 0.135 e. The van der Waals surface area contributed by atoms with E-state index in [1.807, 2.05) is 0 Å². The molecule has 0 unspecified atom stereocenters. The highest BCUT2D eigenvalue weighted by atomic mass is 35.5. The van der Waals surface area contributed by atoms with Gasteiger partial charge in [0.05, 0.1) is 16.4 Å². The molecule has 0 amide bonds. The minimum atomic E-state index is -0.811. The zero-order valence-corrected chi connectivity index (χ0v) is 16.3. The zero-order valence-electron chi connectivity index (χ0n) is 15.5. The van der Waals surface area contributed by atoms with Crippen molar-refractivity contribution in [3.05, 3.63) is 75.1 Å². The minimum absolute atomic E-state index is 0.0371. The molecule has 0 spiro atoms. The van der Waals surface area contributed by atoms with E-state index in [1.54, 1.807) is 25.6 Å². The summed E-state index contributed by atoms with van der Waals surface area (Å²) < 4.78 is 58.3. The third kappa shape index (κ3) is 2.73. The summed E-state index contributed by atoms with van der Waals surface area (Å²) >= 11 is 6.18. The molecule has 2 aromatic carbocycles. The first-order valence-corrected chi connectivity index (χ1v) is 9.18. The van der Waals surface area contributed by atoms with Gasteiger partial charge >= 0.3 is 0 Å². The second-order valence-electron chi connectivity index (χ2n) is 7.34. The lowest BCUT2D eigenvalue weighted by atomic mass is 9.84. The molecule has 0 atom stereocenters. The van der Waals surface area contributed by atoms with Gasteiger partial charge in [-0.1, -0.05) is 11.6 Å². The highest BCUT2D eigenvalue weighted by Crippen LogP contribution is 2.58. The first kappa shape index (κ1) is 19.0. The number of aryl methyl sites for hydroxylation is 3. The largest absolute Gasteiger partial charge is 0.271 e. The summed E-state index contributed by atoms with van der Waals surface area (Å²) in [5, 5.41) is 4.32. The van der Waals surface area contributed by atoms with Gasteiger partial charge in [-0.3, -0.25) is 4.68 Å². The van der Waals surface area contributed by atoms with Gasteiger partial charge < -0.3 is 0 Å². The number of halogens is 5. The van der Waals surface area contributed by atoms with Crippen molar-refractivity contribution in [3.8, 4) is 11.1 Å². The SMILES string of the molecule is Cc1cc(F)cc(F)c1C1(c2c(-c3c(F)cc(F)cc3Cl)c(C)nn2C)CC1. The average molecular weight is 409 g/mol. The first-order chi connectivity index (χ1) is 13.2. The Morgan fingerprint density at radius 3 is 2.11 bits per heavy atom. The Labute approximate surface area is 164 Å². The standard InChI is InChI=1S/C21H17ClF4N2/c1-10-6-12(23)9-16(26)19(10)21(4-5-21)20-17(11(2)27-28(20)3)18-14(22)7-13(24)8-15(18)25/h6-9H,4-5H2,1-3H3. The molecular weight excluding hydrogens is 392 g/mol. The molecule has 1 aliphatic rings. The van der Waals surface area contributed by atoms with Crippen molar-refractivity contribution in [1.29, 1.82) is 0 Å². The van der Waals surface area contributed by atoms with E-state index in [2.05, 4.69) is 5.10 Å². The Morgan fingerprint density at radius 2 is 1.54 bits per heavy atom. The predicted octanol–water partition coefficient (Wildman–Crippen LogP) is 5.99. The Kier molecular flexibility index (Phi) is 4.30. The fraction of sp³-hybridized carbons (Fsp3) is 0.286. The van der Waals surface area contributed by atoms with Gasteiger partial charge in [0, 0.05) is 41.3 Å². The normalized spacial score (nSPS) is 15.1. The number of rotatable bonds is 3. The molecule has 7 heteroatoms. The van der Waals surface area contributed by atoms with Crippen molar-refractivity contribution in [2.24, 2.45) is 7.05 Å². The van der Waals surface area contributed by atoms with Gasteiger partial charge in [-0.2, -0.15) is 5.10 Å². The monoisotopic (exact) mass is 408 g/mol. The molecule has 0 radical (unpaired) electrons. The van der Waals surface area contributed by atoms with Gasteiger partial charge in [0.15, 0.2) is 0 Å². The maximum absolute atomic E-state index is 14.8. The number of aromatic nitrogens is 2. The van der Waals surface area contributed by atoms with Gasteiger partial charge in [0.2, 0.25) is 0 Å². The van der Waals surface area contributed by atoms with Crippen molar-refractivity contribution < 1.29 is 17.6 Å². The fourth-order valence-electron chi connectivity index (χ4n) is 4.33. The highest BCUT2D eigenvalue weighted by molar-refractivity contribution is 6.33. The maximum atomic E-state index is 14.8. The molecule has 0 N–H and O–H groups in total. The summed E-state index contributed by atoms with van der Waals surface area (Å²) in [6, 6.07) is 3.95. The van der Waals surface area contributed by atoms with Crippen LogP contribution in [0.25, 0.3) is 11.1 Å². The van der Waals surface area contributed by atoms with Crippen LogP contribution in [0, 0.1) is 37.1 Å². The van der Waals surface area contributed by atoms with E-state index < -0.39 is 28.7 Å². The average Bonchev–Trinajstić information content (AvgIpc) is 3.26. The summed E-state index contributed by atoms with van der Waals surface area (Å²) in [5.41, 5.74) is 1.63. The summed E-state index contributed by atoms with van der Waals surface area (Å²) in [5.74, 6) is -2.89. The number of nitrogens with zero attached hydrogens (tertiary/aromatic N) is 2. The second-order valence-corrected chi connectivity index (χ2v) is 7.75. The Bertz CT molecular complexity index is 1070. The van der Waals surface area contributed by atoms with E-state index in [4.69, 9.17) is 11.6 Å². The maximum Gasteiger partial charge on any atom is 0.135 e. The second kappa shape index (κ2) is 6.34. The number of hydrogen-bond donors (Lipinski definition) is 0. The Hall–Kier alpha value is -2.34. The van der Waals surface area contributed by atoms with Gasteiger partial charge in [0.1, 0.15) is 23.3 Å². The molecule has 3 aromatic rings. The molecule has 1 aromatic heterocycles. The third-order valence-corrected chi connectivity index (χ3v) is 5.71. The molecule has 4 rings (SSSR count). The van der Waals surface area contributed by atoms with Crippen LogP contribution in [0.5, 0.6) is 0 Å². The molecule has 1 heterocycles. The van der Waals surface area contributed by atoms with E-state index >= 15 is 0 Å². The molecule has 1 aliphatic carbocycles. The van der Waals surface area contributed by atoms with Crippen LogP contribution in [0.2, 0.25) is 5.02 Å². The lowest BCUT2D eigenvalue weighted by molar-refractivity contribution is 0.549. The van der Waals surface area contributed by atoms with Gasteiger partial charge in [0.25, 0.3) is 0 Å². The van der Waals surface area contributed by atoms with Gasteiger partial charge in [-0.25, -0.2) is 17.6 Å². The van der Waals surface area contributed by atoms with Crippen LogP contribution < -0.4 is 0 Å². The first-order valence-electron chi connectivity index (χ1n) is 8.81. The van der Waals surface area contributed by atoms with E-state index in [-0.39, 0.29) is 10.6 Å². The van der Waals surface area contributed by atoms with E-state index in [9.17, 15) is 17.6 Å². The zero-order chi connectivity index (χ0) is 20.4. The third-order valence-electron chi connectivity index (χ3n) is 5.41.